The van der Waals surface area contributed by atoms with E-state index in [0.29, 0.717) is 12.5 Å². The molecule has 0 radical (unpaired) electrons. The molecule has 0 aliphatic carbocycles. The van der Waals surface area contributed by atoms with Gasteiger partial charge in [0.1, 0.15) is 0 Å². The Balaban J connectivity index is 2.23. The lowest BCUT2D eigenvalue weighted by molar-refractivity contribution is 0.150. The fourth-order valence-electron chi connectivity index (χ4n) is 1.05. The molecule has 0 amide bonds. The van der Waals surface area contributed by atoms with Crippen LogP contribution in [-0.4, -0.2) is 25.8 Å². The molecule has 0 spiro atoms. The molecule has 1 rings (SSSR count). The van der Waals surface area contributed by atoms with Gasteiger partial charge in [0.25, 0.3) is 0 Å². The number of ether oxygens (including phenoxy) is 1. The molecule has 1 aliphatic rings. The van der Waals surface area contributed by atoms with E-state index in [2.05, 4.69) is 11.4 Å². The van der Waals surface area contributed by atoms with E-state index in [1.165, 1.54) is 0 Å². The predicted molar refractivity (Wildman–Crippen MR) is 37.5 cm³/mol. The first-order valence-electron chi connectivity index (χ1n) is 3.61. The van der Waals surface area contributed by atoms with Crippen LogP contribution in [0.3, 0.4) is 0 Å². The molecule has 0 aromatic carbocycles. The van der Waals surface area contributed by atoms with Crippen LogP contribution in [-0.2, 0) is 4.74 Å². The van der Waals surface area contributed by atoms with Gasteiger partial charge in [-0.2, -0.15) is 5.26 Å². The van der Waals surface area contributed by atoms with Crippen molar-refractivity contribution in [2.75, 3.05) is 19.8 Å². The van der Waals surface area contributed by atoms with Gasteiger partial charge in [-0.05, 0) is 6.42 Å². The lowest BCUT2D eigenvalue weighted by Crippen LogP contribution is -2.28. The van der Waals surface area contributed by atoms with Gasteiger partial charge in [0, 0.05) is 19.2 Å². The predicted octanol–water partition coefficient (Wildman–Crippen LogP) is 0.279. The molecule has 1 unspecified atom stereocenters. The fourth-order valence-corrected chi connectivity index (χ4v) is 1.05. The standard InChI is InChI=1S/C7H12N2O/c8-3-1-7-2-5-10-6-4-9-7/h7,9H,1-2,4-6H2. The molecule has 3 nitrogen and oxygen atoms in total. The van der Waals surface area contributed by atoms with Crippen LogP contribution in [0.25, 0.3) is 0 Å². The van der Waals surface area contributed by atoms with Crippen LogP contribution in [0.2, 0.25) is 0 Å². The third kappa shape index (κ3) is 2.34. The fraction of sp³-hybridized carbons (Fsp3) is 0.857. The van der Waals surface area contributed by atoms with Crippen molar-refractivity contribution in [2.45, 2.75) is 18.9 Å². The minimum atomic E-state index is 0.354. The normalized spacial score (nSPS) is 26.9. The topological polar surface area (TPSA) is 45.0 Å². The van der Waals surface area contributed by atoms with Gasteiger partial charge in [0.2, 0.25) is 0 Å². The average Bonchev–Trinajstić information content (AvgIpc) is 2.17. The monoisotopic (exact) mass is 140 g/mol. The Morgan fingerprint density at radius 2 is 2.50 bits per heavy atom. The van der Waals surface area contributed by atoms with Crippen molar-refractivity contribution in [1.82, 2.24) is 5.32 Å². The number of nitrogens with zero attached hydrogens (tertiary/aromatic N) is 1. The Morgan fingerprint density at radius 3 is 3.30 bits per heavy atom. The molecule has 56 valence electrons. The number of nitriles is 1. The van der Waals surface area contributed by atoms with Gasteiger partial charge >= 0.3 is 0 Å². The van der Waals surface area contributed by atoms with Crippen LogP contribution in [0.5, 0.6) is 0 Å². The van der Waals surface area contributed by atoms with E-state index in [-0.39, 0.29) is 0 Å². The quantitative estimate of drug-likeness (QED) is 0.569. The van der Waals surface area contributed by atoms with Crippen molar-refractivity contribution < 1.29 is 4.74 Å². The molecule has 1 saturated heterocycles. The van der Waals surface area contributed by atoms with E-state index < -0.39 is 0 Å². The van der Waals surface area contributed by atoms with Crippen LogP contribution in [0.4, 0.5) is 0 Å². The summed E-state index contributed by atoms with van der Waals surface area (Å²) >= 11 is 0. The number of hydrogen-bond acceptors (Lipinski definition) is 3. The lowest BCUT2D eigenvalue weighted by atomic mass is 10.1. The molecule has 1 aliphatic heterocycles. The Morgan fingerprint density at radius 1 is 1.60 bits per heavy atom. The first-order valence-corrected chi connectivity index (χ1v) is 3.61. The van der Waals surface area contributed by atoms with Crippen LogP contribution in [0, 0.1) is 11.3 Å². The number of rotatable bonds is 1. The average molecular weight is 140 g/mol. The minimum absolute atomic E-state index is 0.354. The molecule has 0 aromatic heterocycles. The van der Waals surface area contributed by atoms with E-state index in [0.717, 1.165) is 26.2 Å². The maximum atomic E-state index is 8.38. The van der Waals surface area contributed by atoms with Gasteiger partial charge < -0.3 is 10.1 Å². The summed E-state index contributed by atoms with van der Waals surface area (Å²) in [6.07, 6.45) is 1.57. The van der Waals surface area contributed by atoms with Crippen LogP contribution < -0.4 is 5.32 Å². The van der Waals surface area contributed by atoms with Crippen molar-refractivity contribution in [3.8, 4) is 6.07 Å². The lowest BCUT2D eigenvalue weighted by Gasteiger charge is -2.08. The Labute approximate surface area is 61.0 Å². The first kappa shape index (κ1) is 7.52. The Kier molecular flexibility index (Phi) is 3.20. The van der Waals surface area contributed by atoms with E-state index in [9.17, 15) is 0 Å². The molecular weight excluding hydrogens is 128 g/mol. The highest BCUT2D eigenvalue weighted by molar-refractivity contribution is 4.81. The van der Waals surface area contributed by atoms with Gasteiger partial charge in [-0.1, -0.05) is 0 Å². The molecule has 0 bridgehead atoms. The molecular formula is C7H12N2O. The molecule has 1 N–H and O–H groups in total. The van der Waals surface area contributed by atoms with Crippen molar-refractivity contribution in [2.24, 2.45) is 0 Å². The summed E-state index contributed by atoms with van der Waals surface area (Å²) in [5.74, 6) is 0. The SMILES string of the molecule is N#CCC1CCOCCN1. The molecule has 3 heteroatoms. The molecule has 1 heterocycles. The second-order valence-electron chi connectivity index (χ2n) is 2.41. The van der Waals surface area contributed by atoms with Crippen molar-refractivity contribution in [1.29, 1.82) is 5.26 Å². The zero-order valence-electron chi connectivity index (χ0n) is 5.97. The highest BCUT2D eigenvalue weighted by Crippen LogP contribution is 2.00. The van der Waals surface area contributed by atoms with E-state index in [1.54, 1.807) is 0 Å². The maximum absolute atomic E-state index is 8.38. The van der Waals surface area contributed by atoms with E-state index in [1.807, 2.05) is 0 Å². The molecule has 1 atom stereocenters. The Hall–Kier alpha value is -0.590. The number of hydrogen-bond donors (Lipinski definition) is 1. The summed E-state index contributed by atoms with van der Waals surface area (Å²) < 4.78 is 5.20. The summed E-state index contributed by atoms with van der Waals surface area (Å²) in [5.41, 5.74) is 0. The third-order valence-corrected chi connectivity index (χ3v) is 1.63. The minimum Gasteiger partial charge on any atom is -0.380 e. The zero-order chi connectivity index (χ0) is 7.23. The van der Waals surface area contributed by atoms with Gasteiger partial charge in [-0.15, -0.1) is 0 Å². The molecule has 0 aromatic rings. The van der Waals surface area contributed by atoms with Gasteiger partial charge in [-0.25, -0.2) is 0 Å². The maximum Gasteiger partial charge on any atom is 0.0638 e. The molecule has 0 saturated carbocycles. The highest BCUT2D eigenvalue weighted by Gasteiger charge is 2.09. The van der Waals surface area contributed by atoms with Gasteiger partial charge in [-0.3, -0.25) is 0 Å². The first-order chi connectivity index (χ1) is 4.93. The number of nitrogens with one attached hydrogen (secondary N) is 1. The van der Waals surface area contributed by atoms with E-state index >= 15 is 0 Å². The molecule has 10 heavy (non-hydrogen) atoms. The molecule has 1 fully saturated rings. The van der Waals surface area contributed by atoms with Crippen LogP contribution in [0.1, 0.15) is 12.8 Å². The third-order valence-electron chi connectivity index (χ3n) is 1.63. The highest BCUT2D eigenvalue weighted by atomic mass is 16.5. The van der Waals surface area contributed by atoms with Crippen LogP contribution in [0.15, 0.2) is 0 Å². The van der Waals surface area contributed by atoms with E-state index in [4.69, 9.17) is 10.00 Å². The zero-order valence-corrected chi connectivity index (χ0v) is 5.97. The summed E-state index contributed by atoms with van der Waals surface area (Å²) in [6, 6.07) is 2.50. The van der Waals surface area contributed by atoms with Crippen molar-refractivity contribution >= 4 is 0 Å². The summed E-state index contributed by atoms with van der Waals surface area (Å²) in [6.45, 7) is 2.45. The second kappa shape index (κ2) is 4.26. The summed E-state index contributed by atoms with van der Waals surface area (Å²) in [4.78, 5) is 0. The summed E-state index contributed by atoms with van der Waals surface area (Å²) in [5, 5.41) is 11.6. The van der Waals surface area contributed by atoms with Gasteiger partial charge in [0.05, 0.1) is 19.1 Å². The van der Waals surface area contributed by atoms with Crippen molar-refractivity contribution in [3.05, 3.63) is 0 Å². The summed E-state index contributed by atoms with van der Waals surface area (Å²) in [7, 11) is 0. The smallest absolute Gasteiger partial charge is 0.0638 e. The van der Waals surface area contributed by atoms with Crippen molar-refractivity contribution in [3.63, 3.8) is 0 Å². The second-order valence-corrected chi connectivity index (χ2v) is 2.41. The largest absolute Gasteiger partial charge is 0.380 e. The van der Waals surface area contributed by atoms with Gasteiger partial charge in [0.15, 0.2) is 0 Å². The Bertz CT molecular complexity index is 122. The van der Waals surface area contributed by atoms with Crippen LogP contribution >= 0.6 is 0 Å².